The fourth-order valence-corrected chi connectivity index (χ4v) is 2.96. The summed E-state index contributed by atoms with van der Waals surface area (Å²) in [5.41, 5.74) is 8.56. The van der Waals surface area contributed by atoms with Gasteiger partial charge in [0.2, 0.25) is 0 Å². The van der Waals surface area contributed by atoms with Crippen molar-refractivity contribution >= 4 is 23.2 Å². The van der Waals surface area contributed by atoms with Crippen LogP contribution < -0.4 is 16.4 Å². The molecule has 4 aromatic rings. The van der Waals surface area contributed by atoms with Crippen LogP contribution in [0.4, 0.5) is 17.3 Å². The Morgan fingerprint density at radius 2 is 1.76 bits per heavy atom. The Morgan fingerprint density at radius 3 is 2.41 bits per heavy atom. The molecule has 8 heteroatoms. The van der Waals surface area contributed by atoms with Crippen LogP contribution in [0.2, 0.25) is 0 Å². The largest absolute Gasteiger partial charge is 0.508 e. The average molecular weight is 388 g/mol. The van der Waals surface area contributed by atoms with Gasteiger partial charge < -0.3 is 26.0 Å². The zero-order chi connectivity index (χ0) is 20.2. The van der Waals surface area contributed by atoms with E-state index < -0.39 is 5.91 Å². The summed E-state index contributed by atoms with van der Waals surface area (Å²) in [7, 11) is 0. The van der Waals surface area contributed by atoms with Gasteiger partial charge in [-0.25, -0.2) is 0 Å². The highest BCUT2D eigenvalue weighted by Gasteiger charge is 2.18. The van der Waals surface area contributed by atoms with Crippen LogP contribution in [0.1, 0.15) is 15.9 Å². The minimum atomic E-state index is -0.599. The zero-order valence-electron chi connectivity index (χ0n) is 15.5. The molecule has 0 aliphatic heterocycles. The zero-order valence-corrected chi connectivity index (χ0v) is 15.5. The van der Waals surface area contributed by atoms with Crippen LogP contribution in [0.3, 0.4) is 0 Å². The summed E-state index contributed by atoms with van der Waals surface area (Å²) in [5.74, 6) is 0.372. The number of nitrogens with two attached hydrogens (primary N) is 1. The molecule has 0 unspecified atom stereocenters. The second-order valence-electron chi connectivity index (χ2n) is 6.47. The highest BCUT2D eigenvalue weighted by Crippen LogP contribution is 2.25. The van der Waals surface area contributed by atoms with Gasteiger partial charge in [0.1, 0.15) is 17.1 Å². The van der Waals surface area contributed by atoms with Gasteiger partial charge in [0.25, 0.3) is 5.91 Å². The standard InChI is InChI=1S/C21H20N6O2/c22-19(29)18-20(23-13-14-3-9-17(28)10-4-14)25-26-21(18)24-15-5-7-16(8-6-15)27-11-1-2-12-27/h1-12,28H,13H2,(H2,22,29)(H3,23,24,25,26). The summed E-state index contributed by atoms with van der Waals surface area (Å²) in [6.45, 7) is 0.438. The Labute approximate surface area is 167 Å². The first-order valence-corrected chi connectivity index (χ1v) is 9.00. The lowest BCUT2D eigenvalue weighted by Crippen LogP contribution is -2.15. The highest BCUT2D eigenvalue weighted by molar-refractivity contribution is 6.03. The number of aromatic amines is 1. The van der Waals surface area contributed by atoms with E-state index in [-0.39, 0.29) is 11.3 Å². The van der Waals surface area contributed by atoms with Gasteiger partial charge in [-0.05, 0) is 54.1 Å². The van der Waals surface area contributed by atoms with Crippen LogP contribution in [0.5, 0.6) is 5.75 Å². The molecule has 2 heterocycles. The van der Waals surface area contributed by atoms with Crippen LogP contribution >= 0.6 is 0 Å². The number of aromatic hydroxyl groups is 1. The minimum Gasteiger partial charge on any atom is -0.508 e. The van der Waals surface area contributed by atoms with Crippen molar-refractivity contribution in [3.63, 3.8) is 0 Å². The molecule has 0 bridgehead atoms. The molecule has 29 heavy (non-hydrogen) atoms. The average Bonchev–Trinajstić information content (AvgIpc) is 3.38. The van der Waals surface area contributed by atoms with Crippen molar-refractivity contribution in [3.8, 4) is 11.4 Å². The number of benzene rings is 2. The first kappa shape index (κ1) is 18.2. The topological polar surface area (TPSA) is 121 Å². The van der Waals surface area contributed by atoms with E-state index in [1.807, 2.05) is 53.4 Å². The number of hydrogen-bond acceptors (Lipinski definition) is 5. The molecule has 4 rings (SSSR count). The molecule has 0 aliphatic rings. The summed E-state index contributed by atoms with van der Waals surface area (Å²) >= 11 is 0. The molecule has 6 N–H and O–H groups in total. The van der Waals surface area contributed by atoms with E-state index in [0.717, 1.165) is 16.9 Å². The minimum absolute atomic E-state index is 0.197. The number of carbonyl (C=O) groups is 1. The maximum Gasteiger partial charge on any atom is 0.256 e. The molecular weight excluding hydrogens is 368 g/mol. The Balaban J connectivity index is 1.50. The van der Waals surface area contributed by atoms with Gasteiger partial charge >= 0.3 is 0 Å². The van der Waals surface area contributed by atoms with Crippen molar-refractivity contribution < 1.29 is 9.90 Å². The third kappa shape index (κ3) is 4.06. The summed E-state index contributed by atoms with van der Waals surface area (Å²) in [5, 5.41) is 22.6. The van der Waals surface area contributed by atoms with Crippen LogP contribution in [-0.4, -0.2) is 25.8 Å². The number of carbonyl (C=O) groups excluding carboxylic acids is 1. The Hall–Kier alpha value is -4.20. The number of rotatable bonds is 7. The van der Waals surface area contributed by atoms with Crippen LogP contribution in [0.25, 0.3) is 5.69 Å². The van der Waals surface area contributed by atoms with E-state index >= 15 is 0 Å². The number of phenols is 1. The summed E-state index contributed by atoms with van der Waals surface area (Å²) in [6, 6.07) is 18.4. The van der Waals surface area contributed by atoms with E-state index in [2.05, 4.69) is 20.8 Å². The maximum absolute atomic E-state index is 12.0. The molecule has 0 spiro atoms. The monoisotopic (exact) mass is 388 g/mol. The SMILES string of the molecule is NC(=O)c1c(Nc2ccc(-n3cccc3)cc2)n[nH]c1NCc1ccc(O)cc1. The molecule has 0 saturated carbocycles. The van der Waals surface area contributed by atoms with Gasteiger partial charge in [-0.15, -0.1) is 0 Å². The van der Waals surface area contributed by atoms with Gasteiger partial charge in [0.05, 0.1) is 0 Å². The third-order valence-corrected chi connectivity index (χ3v) is 4.45. The number of amides is 1. The second-order valence-corrected chi connectivity index (χ2v) is 6.47. The van der Waals surface area contributed by atoms with Crippen LogP contribution in [0, 0.1) is 0 Å². The maximum atomic E-state index is 12.0. The number of primary amides is 1. The number of phenolic OH excluding ortho intramolecular Hbond substituents is 1. The normalized spacial score (nSPS) is 10.6. The Kier molecular flexibility index (Phi) is 4.90. The number of nitrogens with zero attached hydrogens (tertiary/aromatic N) is 2. The summed E-state index contributed by atoms with van der Waals surface area (Å²) in [6.07, 6.45) is 3.93. The molecule has 0 fully saturated rings. The molecule has 8 nitrogen and oxygen atoms in total. The molecule has 0 radical (unpaired) electrons. The molecule has 2 aromatic heterocycles. The molecule has 146 valence electrons. The van der Waals surface area contributed by atoms with Gasteiger partial charge in [0.15, 0.2) is 5.82 Å². The fraction of sp³-hybridized carbons (Fsp3) is 0.0476. The predicted octanol–water partition coefficient (Wildman–Crippen LogP) is 3.36. The fourth-order valence-electron chi connectivity index (χ4n) is 2.96. The molecule has 2 aromatic carbocycles. The lowest BCUT2D eigenvalue weighted by Gasteiger charge is -2.09. The van der Waals surface area contributed by atoms with E-state index in [4.69, 9.17) is 5.73 Å². The number of aromatic nitrogens is 3. The summed E-state index contributed by atoms with van der Waals surface area (Å²) < 4.78 is 2.00. The Bertz CT molecular complexity index is 1100. The van der Waals surface area contributed by atoms with Gasteiger partial charge in [-0.2, -0.15) is 5.10 Å². The predicted molar refractivity (Wildman–Crippen MR) is 112 cm³/mol. The first-order valence-electron chi connectivity index (χ1n) is 9.00. The smallest absolute Gasteiger partial charge is 0.256 e. The van der Waals surface area contributed by atoms with E-state index in [0.29, 0.717) is 18.2 Å². The van der Waals surface area contributed by atoms with E-state index in [1.54, 1.807) is 24.3 Å². The number of anilines is 3. The highest BCUT2D eigenvalue weighted by atomic mass is 16.3. The number of hydrogen-bond donors (Lipinski definition) is 5. The van der Waals surface area contributed by atoms with Crippen molar-refractivity contribution in [1.82, 2.24) is 14.8 Å². The van der Waals surface area contributed by atoms with Crippen molar-refractivity contribution in [2.75, 3.05) is 10.6 Å². The molecular formula is C21H20N6O2. The van der Waals surface area contributed by atoms with E-state index in [9.17, 15) is 9.90 Å². The lowest BCUT2D eigenvalue weighted by atomic mass is 10.2. The molecule has 1 amide bonds. The molecule has 0 atom stereocenters. The van der Waals surface area contributed by atoms with Crippen molar-refractivity contribution in [2.45, 2.75) is 6.54 Å². The second kappa shape index (κ2) is 7.81. The Morgan fingerprint density at radius 1 is 1.07 bits per heavy atom. The van der Waals surface area contributed by atoms with Gasteiger partial charge in [-0.3, -0.25) is 9.89 Å². The van der Waals surface area contributed by atoms with Crippen molar-refractivity contribution in [1.29, 1.82) is 0 Å². The van der Waals surface area contributed by atoms with E-state index in [1.165, 1.54) is 0 Å². The van der Waals surface area contributed by atoms with Gasteiger partial charge in [0, 0.05) is 30.3 Å². The molecule has 0 saturated heterocycles. The molecule has 0 aliphatic carbocycles. The van der Waals surface area contributed by atoms with Gasteiger partial charge in [-0.1, -0.05) is 12.1 Å². The van der Waals surface area contributed by atoms with Crippen molar-refractivity contribution in [2.24, 2.45) is 5.73 Å². The third-order valence-electron chi connectivity index (χ3n) is 4.45. The van der Waals surface area contributed by atoms with Crippen LogP contribution in [-0.2, 0) is 6.54 Å². The quantitative estimate of drug-likeness (QED) is 0.332. The first-order chi connectivity index (χ1) is 14.1. The lowest BCUT2D eigenvalue weighted by molar-refractivity contribution is 0.100. The van der Waals surface area contributed by atoms with Crippen LogP contribution in [0.15, 0.2) is 73.1 Å². The number of nitrogens with one attached hydrogen (secondary N) is 3. The summed E-state index contributed by atoms with van der Waals surface area (Å²) in [4.78, 5) is 12.0. The van der Waals surface area contributed by atoms with Crippen molar-refractivity contribution in [3.05, 3.63) is 84.2 Å². The number of H-pyrrole nitrogens is 1.